The van der Waals surface area contributed by atoms with E-state index < -0.39 is 49.6 Å². The van der Waals surface area contributed by atoms with Crippen molar-refractivity contribution in [3.8, 4) is 11.5 Å². The zero-order chi connectivity index (χ0) is 22.4. The van der Waals surface area contributed by atoms with Crippen LogP contribution in [0, 0.1) is 13.8 Å². The summed E-state index contributed by atoms with van der Waals surface area (Å²) >= 11 is 0. The van der Waals surface area contributed by atoms with Gasteiger partial charge in [0.05, 0.1) is 24.2 Å². The van der Waals surface area contributed by atoms with Crippen LogP contribution in [-0.4, -0.2) is 64.9 Å². The molecule has 0 aromatic heterocycles. The molecule has 2 aliphatic rings. The maximum absolute atomic E-state index is 12.2. The van der Waals surface area contributed by atoms with E-state index in [4.69, 9.17) is 9.22 Å². The van der Waals surface area contributed by atoms with E-state index in [0.717, 1.165) is 0 Å². The van der Waals surface area contributed by atoms with Crippen molar-refractivity contribution in [1.29, 1.82) is 0 Å². The van der Waals surface area contributed by atoms with Crippen molar-refractivity contribution < 1.29 is 24.5 Å². The van der Waals surface area contributed by atoms with Gasteiger partial charge >= 0.3 is 5.69 Å². The van der Waals surface area contributed by atoms with Gasteiger partial charge in [-0.15, -0.1) is 0 Å². The summed E-state index contributed by atoms with van der Waals surface area (Å²) in [6, 6.07) is 2.74. The quantitative estimate of drug-likeness (QED) is 0.327. The number of aromatic nitrogens is 4. The molecule has 0 amide bonds. The molecule has 144 valence electrons. The van der Waals surface area contributed by atoms with Crippen LogP contribution in [0.3, 0.4) is 0 Å². The Morgan fingerprint density at radius 2 is 1.93 bits per heavy atom. The van der Waals surface area contributed by atoms with Crippen LogP contribution in [-0.2, 0) is 6.54 Å². The first-order chi connectivity index (χ1) is 13.9. The Morgan fingerprint density at radius 1 is 1.19 bits per heavy atom. The molecule has 0 spiro atoms. The number of aliphatic hydroxyl groups is 4. The first-order valence-electron chi connectivity index (χ1n) is 9.54. The Kier molecular flexibility index (Phi) is 4.08. The predicted octanol–water partition coefficient (Wildman–Crippen LogP) is -1.72. The van der Waals surface area contributed by atoms with E-state index in [0.29, 0.717) is 5.56 Å². The van der Waals surface area contributed by atoms with E-state index in [1.807, 2.05) is 4.98 Å². The molecule has 10 nitrogen and oxygen atoms in total. The maximum Gasteiger partial charge on any atom is 0.349 e. The highest BCUT2D eigenvalue weighted by atomic mass is 16.4. The third-order valence-corrected chi connectivity index (χ3v) is 4.30. The number of H-pyrrole nitrogens is 1. The first kappa shape index (κ1) is 15.4. The van der Waals surface area contributed by atoms with Crippen molar-refractivity contribution in [1.82, 2.24) is 19.5 Å². The number of nitrogens with one attached hydrogen (secondary N) is 1. The highest BCUT2D eigenvalue weighted by molar-refractivity contribution is 5.81. The van der Waals surface area contributed by atoms with Crippen molar-refractivity contribution >= 4 is 11.0 Å². The summed E-state index contributed by atoms with van der Waals surface area (Å²) in [5.41, 5.74) is -1.32. The van der Waals surface area contributed by atoms with Gasteiger partial charge in [0, 0.05) is 4.11 Å². The standard InChI is InChI=1S/C17H20N4O6/c1-7-3-9-10(4-8(7)2)21(5-11(23)14(25)12(24)6-22)15-13(18-9)16(26)20-17(27)19-15/h3-4,11-12,14,22-25H,5-6H2,1-2H3,(H,20,26,27)/t11-,12+,14-/m0/s1/i2D3. The fraction of sp³-hybridized carbons (Fsp3) is 0.412. The van der Waals surface area contributed by atoms with Crippen molar-refractivity contribution in [3.63, 3.8) is 0 Å². The molecule has 0 radical (unpaired) electrons. The zero-order valence-corrected chi connectivity index (χ0v) is 14.2. The lowest BCUT2D eigenvalue weighted by Gasteiger charge is -2.25. The number of nitrogens with zero attached hydrogens (tertiary/aromatic N) is 3. The van der Waals surface area contributed by atoms with E-state index in [2.05, 4.69) is 9.97 Å². The highest BCUT2D eigenvalue weighted by Gasteiger charge is 2.27. The summed E-state index contributed by atoms with van der Waals surface area (Å²) in [6.07, 6.45) is -5.06. The van der Waals surface area contributed by atoms with E-state index in [9.17, 15) is 24.9 Å². The van der Waals surface area contributed by atoms with E-state index in [1.165, 1.54) is 16.7 Å². The van der Waals surface area contributed by atoms with Gasteiger partial charge in [-0.1, -0.05) is 0 Å². The van der Waals surface area contributed by atoms with Crippen LogP contribution in [0.5, 0.6) is 0 Å². The molecule has 3 rings (SSSR count). The van der Waals surface area contributed by atoms with Crippen LogP contribution in [0.1, 0.15) is 15.2 Å². The first-order valence-corrected chi connectivity index (χ1v) is 8.04. The van der Waals surface area contributed by atoms with E-state index in [-0.39, 0.29) is 28.1 Å². The summed E-state index contributed by atoms with van der Waals surface area (Å²) in [5, 5.41) is 38.9. The summed E-state index contributed by atoms with van der Waals surface area (Å²) < 4.78 is 24.3. The van der Waals surface area contributed by atoms with Crippen molar-refractivity contribution in [2.45, 2.75) is 38.6 Å². The summed E-state index contributed by atoms with van der Waals surface area (Å²) in [4.78, 5) is 33.9. The SMILES string of the molecule is [2H]C([2H])([2H])c1cc2c(cc1C)nc1c(=O)[nH]c(=O)nc-1n2C[C@H](O)[C@H](O)[C@H](O)CO. The van der Waals surface area contributed by atoms with Gasteiger partial charge in [-0.25, -0.2) is 9.78 Å². The molecular weight excluding hydrogens is 356 g/mol. The van der Waals surface area contributed by atoms with Gasteiger partial charge in [0.15, 0.2) is 11.5 Å². The van der Waals surface area contributed by atoms with Gasteiger partial charge in [-0.05, 0) is 37.0 Å². The molecule has 5 N–H and O–H groups in total. The second kappa shape index (κ2) is 7.16. The van der Waals surface area contributed by atoms with Crippen LogP contribution >= 0.6 is 0 Å². The molecule has 1 aromatic carbocycles. The molecule has 2 heterocycles. The van der Waals surface area contributed by atoms with Crippen LogP contribution in [0.4, 0.5) is 0 Å². The Labute approximate surface area is 157 Å². The molecule has 3 atom stereocenters. The smallest absolute Gasteiger partial charge is 0.349 e. The molecule has 0 fully saturated rings. The number of rotatable bonds is 5. The minimum Gasteiger partial charge on any atom is -0.394 e. The number of aromatic amines is 1. The third-order valence-electron chi connectivity index (χ3n) is 4.30. The highest BCUT2D eigenvalue weighted by Crippen LogP contribution is 2.24. The van der Waals surface area contributed by atoms with Crippen LogP contribution in [0.2, 0.25) is 0 Å². The van der Waals surface area contributed by atoms with E-state index >= 15 is 0 Å². The average molecular weight is 379 g/mol. The summed E-state index contributed by atoms with van der Waals surface area (Å²) in [7, 11) is 0. The van der Waals surface area contributed by atoms with Crippen LogP contribution in [0.25, 0.3) is 22.6 Å². The zero-order valence-electron chi connectivity index (χ0n) is 17.2. The van der Waals surface area contributed by atoms with Crippen molar-refractivity contribution in [2.24, 2.45) is 0 Å². The number of benzene rings is 1. The Balaban J connectivity index is 2.34. The Hall–Kier alpha value is -2.66. The Morgan fingerprint density at radius 3 is 2.59 bits per heavy atom. The van der Waals surface area contributed by atoms with Gasteiger partial charge in [0.25, 0.3) is 5.56 Å². The molecule has 0 unspecified atom stereocenters. The molecule has 27 heavy (non-hydrogen) atoms. The number of hydrogen-bond acceptors (Lipinski definition) is 8. The minimum atomic E-state index is -2.47. The maximum atomic E-state index is 12.2. The summed E-state index contributed by atoms with van der Waals surface area (Å²) in [5.74, 6) is -0.235. The molecular formula is C17H20N4O6. The van der Waals surface area contributed by atoms with Gasteiger partial charge in [0.1, 0.15) is 18.3 Å². The fourth-order valence-corrected chi connectivity index (χ4v) is 2.79. The second-order valence-electron chi connectivity index (χ2n) is 6.23. The lowest BCUT2D eigenvalue weighted by atomic mass is 10.1. The third kappa shape index (κ3) is 3.47. The Bertz CT molecular complexity index is 1180. The number of hydrogen-bond donors (Lipinski definition) is 5. The molecule has 10 heteroatoms. The van der Waals surface area contributed by atoms with Crippen molar-refractivity contribution in [2.75, 3.05) is 6.61 Å². The van der Waals surface area contributed by atoms with Gasteiger partial charge in [-0.3, -0.25) is 9.78 Å². The average Bonchev–Trinajstić information content (AvgIpc) is 2.65. The largest absolute Gasteiger partial charge is 0.394 e. The topological polar surface area (TPSA) is 162 Å². The molecule has 0 saturated carbocycles. The molecule has 0 aliphatic carbocycles. The number of aliphatic hydroxyl groups excluding tert-OH is 4. The number of fused-ring (bicyclic) bond motifs is 2. The molecule has 1 aromatic rings. The molecule has 2 aliphatic heterocycles. The van der Waals surface area contributed by atoms with Crippen LogP contribution in [0.15, 0.2) is 21.7 Å². The minimum absolute atomic E-state index is 0.0116. The summed E-state index contributed by atoms with van der Waals surface area (Å²) in [6.45, 7) is -2.20. The van der Waals surface area contributed by atoms with Crippen molar-refractivity contribution in [3.05, 3.63) is 44.1 Å². The van der Waals surface area contributed by atoms with Crippen LogP contribution < -0.4 is 11.2 Å². The predicted molar refractivity (Wildman–Crippen MR) is 95.6 cm³/mol. The van der Waals surface area contributed by atoms with Gasteiger partial charge < -0.3 is 25.0 Å². The fourth-order valence-electron chi connectivity index (χ4n) is 2.79. The number of aryl methyl sites for hydroxylation is 2. The van der Waals surface area contributed by atoms with Gasteiger partial charge in [-0.2, -0.15) is 4.98 Å². The lowest BCUT2D eigenvalue weighted by Crippen LogP contribution is -2.42. The second-order valence-corrected chi connectivity index (χ2v) is 6.23. The van der Waals surface area contributed by atoms with E-state index in [1.54, 1.807) is 6.92 Å². The normalized spacial score (nSPS) is 17.3. The lowest BCUT2D eigenvalue weighted by molar-refractivity contribution is -0.0802. The molecule has 0 bridgehead atoms. The molecule has 0 saturated heterocycles. The van der Waals surface area contributed by atoms with Gasteiger partial charge in [0.2, 0.25) is 0 Å². The monoisotopic (exact) mass is 379 g/mol.